The van der Waals surface area contributed by atoms with Crippen LogP contribution in [-0.2, 0) is 5.75 Å². The van der Waals surface area contributed by atoms with E-state index >= 15 is 0 Å². The summed E-state index contributed by atoms with van der Waals surface area (Å²) in [6, 6.07) is 7.50. The van der Waals surface area contributed by atoms with Crippen molar-refractivity contribution in [1.82, 2.24) is 15.2 Å². The van der Waals surface area contributed by atoms with Gasteiger partial charge in [-0.25, -0.2) is 0 Å². The Kier molecular flexibility index (Phi) is 4.73. The van der Waals surface area contributed by atoms with Crippen LogP contribution in [0.4, 0.5) is 5.13 Å². The van der Waals surface area contributed by atoms with Gasteiger partial charge in [-0.15, -0.1) is 10.2 Å². The maximum atomic E-state index is 12.2. The molecule has 1 amide bonds. The second kappa shape index (κ2) is 6.93. The highest BCUT2D eigenvalue weighted by atomic mass is 32.2. The van der Waals surface area contributed by atoms with Crippen LogP contribution in [0.3, 0.4) is 0 Å². The molecule has 3 aromatic rings. The SMILES string of the molecule is Cc1cc(C(=O)Nc2nnc(SCc3ccccn3)s2)c(C)o1. The van der Waals surface area contributed by atoms with Gasteiger partial charge < -0.3 is 4.42 Å². The van der Waals surface area contributed by atoms with E-state index in [0.29, 0.717) is 28.0 Å². The number of thioether (sulfide) groups is 1. The number of carbonyl (C=O) groups is 1. The number of rotatable bonds is 5. The van der Waals surface area contributed by atoms with E-state index in [2.05, 4.69) is 20.5 Å². The topological polar surface area (TPSA) is 80.9 Å². The molecule has 0 saturated carbocycles. The summed E-state index contributed by atoms with van der Waals surface area (Å²) in [4.78, 5) is 16.4. The summed E-state index contributed by atoms with van der Waals surface area (Å²) < 4.78 is 6.14. The Balaban J connectivity index is 1.61. The first kappa shape index (κ1) is 15.7. The average Bonchev–Trinajstić information content (AvgIpc) is 3.12. The van der Waals surface area contributed by atoms with Crippen LogP contribution < -0.4 is 5.32 Å². The molecular formula is C15H14N4O2S2. The highest BCUT2D eigenvalue weighted by Crippen LogP contribution is 2.28. The smallest absolute Gasteiger partial charge is 0.261 e. The van der Waals surface area contributed by atoms with Gasteiger partial charge in [0.25, 0.3) is 5.91 Å². The van der Waals surface area contributed by atoms with Crippen molar-refractivity contribution < 1.29 is 9.21 Å². The highest BCUT2D eigenvalue weighted by molar-refractivity contribution is 8.00. The maximum Gasteiger partial charge on any atom is 0.261 e. The molecule has 6 nitrogen and oxygen atoms in total. The first-order valence-corrected chi connectivity index (χ1v) is 8.66. The summed E-state index contributed by atoms with van der Waals surface area (Å²) in [5, 5.41) is 11.3. The number of hydrogen-bond acceptors (Lipinski definition) is 7. The van der Waals surface area contributed by atoms with E-state index in [9.17, 15) is 4.79 Å². The van der Waals surface area contributed by atoms with E-state index in [1.54, 1.807) is 26.1 Å². The maximum absolute atomic E-state index is 12.2. The normalized spacial score (nSPS) is 10.7. The van der Waals surface area contributed by atoms with Gasteiger partial charge in [-0.1, -0.05) is 29.2 Å². The lowest BCUT2D eigenvalue weighted by molar-refractivity contribution is 0.102. The molecule has 23 heavy (non-hydrogen) atoms. The van der Waals surface area contributed by atoms with Gasteiger partial charge in [0, 0.05) is 11.9 Å². The van der Waals surface area contributed by atoms with Crippen molar-refractivity contribution in [3.8, 4) is 0 Å². The third-order valence-electron chi connectivity index (χ3n) is 2.98. The molecule has 118 valence electrons. The third kappa shape index (κ3) is 3.96. The molecule has 1 N–H and O–H groups in total. The van der Waals surface area contributed by atoms with Gasteiger partial charge in [-0.3, -0.25) is 15.1 Å². The average molecular weight is 346 g/mol. The Morgan fingerprint density at radius 1 is 1.35 bits per heavy atom. The third-order valence-corrected chi connectivity index (χ3v) is 4.99. The number of nitrogens with zero attached hydrogens (tertiary/aromatic N) is 3. The van der Waals surface area contributed by atoms with Crippen LogP contribution in [0, 0.1) is 13.8 Å². The number of aromatic nitrogens is 3. The zero-order valence-corrected chi connectivity index (χ0v) is 14.2. The molecule has 8 heteroatoms. The second-order valence-corrected chi connectivity index (χ2v) is 6.96. The van der Waals surface area contributed by atoms with Crippen LogP contribution in [-0.4, -0.2) is 21.1 Å². The molecule has 0 bridgehead atoms. The quantitative estimate of drug-likeness (QED) is 0.560. The Labute approximate surface area is 141 Å². The Morgan fingerprint density at radius 3 is 2.91 bits per heavy atom. The predicted molar refractivity (Wildman–Crippen MR) is 89.8 cm³/mol. The predicted octanol–water partition coefficient (Wildman–Crippen LogP) is 3.69. The van der Waals surface area contributed by atoms with Crippen molar-refractivity contribution >= 4 is 34.1 Å². The lowest BCUT2D eigenvalue weighted by Crippen LogP contribution is -2.11. The number of anilines is 1. The molecule has 3 rings (SSSR count). The van der Waals surface area contributed by atoms with Crippen LogP contribution in [0.15, 0.2) is 39.2 Å². The van der Waals surface area contributed by atoms with E-state index in [1.165, 1.54) is 23.1 Å². The second-order valence-electron chi connectivity index (χ2n) is 4.76. The Bertz CT molecular complexity index is 814. The fourth-order valence-electron chi connectivity index (χ4n) is 1.96. The fourth-order valence-corrected chi connectivity index (χ4v) is 3.62. The van der Waals surface area contributed by atoms with Crippen LogP contribution in [0.2, 0.25) is 0 Å². The number of carbonyl (C=O) groups excluding carboxylic acids is 1. The van der Waals surface area contributed by atoms with Gasteiger partial charge in [0.15, 0.2) is 4.34 Å². The van der Waals surface area contributed by atoms with Crippen molar-refractivity contribution in [3.05, 3.63) is 53.2 Å². The molecule has 0 saturated heterocycles. The Hall–Kier alpha value is -2.19. The summed E-state index contributed by atoms with van der Waals surface area (Å²) in [5.41, 5.74) is 1.49. The molecule has 0 aromatic carbocycles. The van der Waals surface area contributed by atoms with E-state index < -0.39 is 0 Å². The van der Waals surface area contributed by atoms with Gasteiger partial charge in [0.05, 0.1) is 11.3 Å². The fraction of sp³-hybridized carbons (Fsp3) is 0.200. The summed E-state index contributed by atoms with van der Waals surface area (Å²) >= 11 is 2.88. The van der Waals surface area contributed by atoms with Gasteiger partial charge in [0.2, 0.25) is 5.13 Å². The number of furan rings is 1. The minimum absolute atomic E-state index is 0.239. The van der Waals surface area contributed by atoms with Crippen molar-refractivity contribution in [2.45, 2.75) is 23.9 Å². The molecule has 0 radical (unpaired) electrons. The van der Waals surface area contributed by atoms with Gasteiger partial charge >= 0.3 is 0 Å². The summed E-state index contributed by atoms with van der Waals surface area (Å²) in [6.45, 7) is 3.57. The first-order chi connectivity index (χ1) is 11.1. The zero-order valence-electron chi connectivity index (χ0n) is 12.6. The molecular weight excluding hydrogens is 332 g/mol. The summed E-state index contributed by atoms with van der Waals surface area (Å²) in [5.74, 6) is 1.77. The number of pyridine rings is 1. The summed E-state index contributed by atoms with van der Waals surface area (Å²) in [7, 11) is 0. The zero-order chi connectivity index (χ0) is 16.2. The minimum atomic E-state index is -0.239. The monoisotopic (exact) mass is 346 g/mol. The van der Waals surface area contributed by atoms with E-state index in [4.69, 9.17) is 4.42 Å². The lowest BCUT2D eigenvalue weighted by atomic mass is 10.2. The molecule has 3 heterocycles. The van der Waals surface area contributed by atoms with Crippen LogP contribution in [0.5, 0.6) is 0 Å². The molecule has 0 atom stereocenters. The van der Waals surface area contributed by atoms with Crippen LogP contribution in [0.25, 0.3) is 0 Å². The Morgan fingerprint density at radius 2 is 2.22 bits per heavy atom. The molecule has 0 aliphatic carbocycles. The number of nitrogens with one attached hydrogen (secondary N) is 1. The molecule has 0 aliphatic rings. The lowest BCUT2D eigenvalue weighted by Gasteiger charge is -1.98. The van der Waals surface area contributed by atoms with E-state index in [0.717, 1.165) is 10.0 Å². The van der Waals surface area contributed by atoms with E-state index in [-0.39, 0.29) is 5.91 Å². The van der Waals surface area contributed by atoms with Gasteiger partial charge in [-0.05, 0) is 32.0 Å². The standard InChI is InChI=1S/C15H14N4O2S2/c1-9-7-12(10(2)21-9)13(20)17-14-18-19-15(23-14)22-8-11-5-3-4-6-16-11/h3-7H,8H2,1-2H3,(H,17,18,20). The van der Waals surface area contributed by atoms with Crippen molar-refractivity contribution in [3.63, 3.8) is 0 Å². The molecule has 3 aromatic heterocycles. The minimum Gasteiger partial charge on any atom is -0.466 e. The summed E-state index contributed by atoms with van der Waals surface area (Å²) in [6.07, 6.45) is 1.76. The largest absolute Gasteiger partial charge is 0.466 e. The van der Waals surface area contributed by atoms with Crippen molar-refractivity contribution in [1.29, 1.82) is 0 Å². The van der Waals surface area contributed by atoms with Crippen LogP contribution in [0.1, 0.15) is 27.6 Å². The first-order valence-electron chi connectivity index (χ1n) is 6.86. The molecule has 0 aliphatic heterocycles. The van der Waals surface area contributed by atoms with Crippen molar-refractivity contribution in [2.24, 2.45) is 0 Å². The van der Waals surface area contributed by atoms with Crippen LogP contribution >= 0.6 is 23.1 Å². The number of aryl methyl sites for hydroxylation is 2. The number of amides is 1. The van der Waals surface area contributed by atoms with E-state index in [1.807, 2.05) is 18.2 Å². The molecule has 0 unspecified atom stereocenters. The number of hydrogen-bond donors (Lipinski definition) is 1. The molecule has 0 spiro atoms. The van der Waals surface area contributed by atoms with Gasteiger partial charge in [0.1, 0.15) is 11.5 Å². The van der Waals surface area contributed by atoms with Gasteiger partial charge in [-0.2, -0.15) is 0 Å². The molecule has 0 fully saturated rings. The van der Waals surface area contributed by atoms with Crippen molar-refractivity contribution in [2.75, 3.05) is 5.32 Å². The highest BCUT2D eigenvalue weighted by Gasteiger charge is 2.15.